The summed E-state index contributed by atoms with van der Waals surface area (Å²) in [5, 5.41) is 14.5. The van der Waals surface area contributed by atoms with Crippen LogP contribution >= 0.6 is 11.3 Å². The van der Waals surface area contributed by atoms with E-state index in [9.17, 15) is 0 Å². The molecule has 0 aliphatic carbocycles. The zero-order valence-electron chi connectivity index (χ0n) is 10.3. The number of aromatic nitrogens is 4. The quantitative estimate of drug-likeness (QED) is 0.876. The molecule has 2 rings (SSSR count). The Hall–Kier alpha value is -1.27. The maximum absolute atomic E-state index is 4.49. The highest BCUT2D eigenvalue weighted by atomic mass is 32.1. The molecular formula is C11H17N5S. The van der Waals surface area contributed by atoms with Crippen molar-refractivity contribution in [2.45, 2.75) is 32.9 Å². The fraction of sp³-hybridized carbons (Fsp3) is 0.545. The van der Waals surface area contributed by atoms with Crippen molar-refractivity contribution in [1.82, 2.24) is 25.3 Å². The van der Waals surface area contributed by atoms with Crippen LogP contribution in [0.25, 0.3) is 0 Å². The molecule has 1 N–H and O–H groups in total. The molecule has 0 spiro atoms. The smallest absolute Gasteiger partial charge is 0.0897 e. The number of nitrogens with zero attached hydrogens (tertiary/aromatic N) is 4. The van der Waals surface area contributed by atoms with Crippen LogP contribution in [0.4, 0.5) is 0 Å². The standard InChI is InChI=1S/C11H17N5S/c1-4-16-11(6-13-15-16)10(12-3)5-9-7-17-8(2)14-9/h6-7,10,12H,4-5H2,1-3H3. The van der Waals surface area contributed by atoms with Gasteiger partial charge in [0.1, 0.15) is 0 Å². The van der Waals surface area contributed by atoms with Crippen molar-refractivity contribution in [3.63, 3.8) is 0 Å². The number of hydrogen-bond donors (Lipinski definition) is 1. The van der Waals surface area contributed by atoms with E-state index < -0.39 is 0 Å². The maximum Gasteiger partial charge on any atom is 0.0897 e. The van der Waals surface area contributed by atoms with Gasteiger partial charge in [-0.3, -0.25) is 0 Å². The minimum atomic E-state index is 0.214. The third kappa shape index (κ3) is 2.70. The fourth-order valence-electron chi connectivity index (χ4n) is 1.85. The molecule has 0 fully saturated rings. The van der Waals surface area contributed by atoms with Gasteiger partial charge in [-0.2, -0.15) is 0 Å². The Bertz CT molecular complexity index is 476. The van der Waals surface area contributed by atoms with Gasteiger partial charge in [0.25, 0.3) is 0 Å². The first-order chi connectivity index (χ1) is 8.24. The largest absolute Gasteiger partial charge is 0.311 e. The van der Waals surface area contributed by atoms with Crippen molar-refractivity contribution < 1.29 is 0 Å². The summed E-state index contributed by atoms with van der Waals surface area (Å²) in [5.74, 6) is 0. The Morgan fingerprint density at radius 2 is 2.35 bits per heavy atom. The zero-order valence-corrected chi connectivity index (χ0v) is 11.2. The van der Waals surface area contributed by atoms with E-state index in [2.05, 4.69) is 32.9 Å². The molecule has 5 nitrogen and oxygen atoms in total. The number of thiazole rings is 1. The first-order valence-electron chi connectivity index (χ1n) is 5.71. The van der Waals surface area contributed by atoms with Crippen LogP contribution in [0, 0.1) is 6.92 Å². The summed E-state index contributed by atoms with van der Waals surface area (Å²) in [6.45, 7) is 4.93. The molecule has 17 heavy (non-hydrogen) atoms. The zero-order chi connectivity index (χ0) is 12.3. The summed E-state index contributed by atoms with van der Waals surface area (Å²) in [4.78, 5) is 4.49. The van der Waals surface area contributed by atoms with Crippen LogP contribution in [0.15, 0.2) is 11.6 Å². The van der Waals surface area contributed by atoms with Gasteiger partial charge in [-0.1, -0.05) is 5.21 Å². The highest BCUT2D eigenvalue weighted by Crippen LogP contribution is 2.18. The average Bonchev–Trinajstić information content (AvgIpc) is 2.94. The highest BCUT2D eigenvalue weighted by molar-refractivity contribution is 7.09. The second-order valence-electron chi connectivity index (χ2n) is 3.88. The molecule has 0 bridgehead atoms. The van der Waals surface area contributed by atoms with E-state index in [1.165, 1.54) is 0 Å². The Kier molecular flexibility index (Phi) is 3.86. The molecule has 1 atom stereocenters. The summed E-state index contributed by atoms with van der Waals surface area (Å²) >= 11 is 1.69. The molecule has 2 heterocycles. The van der Waals surface area contributed by atoms with Crippen molar-refractivity contribution in [2.75, 3.05) is 7.05 Å². The molecule has 0 aromatic carbocycles. The number of rotatable bonds is 5. The van der Waals surface area contributed by atoms with E-state index in [4.69, 9.17) is 0 Å². The molecule has 0 aliphatic rings. The molecular weight excluding hydrogens is 234 g/mol. The molecule has 2 aromatic heterocycles. The number of hydrogen-bond acceptors (Lipinski definition) is 5. The van der Waals surface area contributed by atoms with Crippen LogP contribution in [-0.2, 0) is 13.0 Å². The third-order valence-electron chi connectivity index (χ3n) is 2.73. The van der Waals surface area contributed by atoms with Gasteiger partial charge in [0, 0.05) is 18.3 Å². The molecule has 1 unspecified atom stereocenters. The van der Waals surface area contributed by atoms with Gasteiger partial charge in [-0.25, -0.2) is 9.67 Å². The van der Waals surface area contributed by atoms with Gasteiger partial charge in [-0.05, 0) is 20.9 Å². The first kappa shape index (κ1) is 12.2. The lowest BCUT2D eigenvalue weighted by molar-refractivity contribution is 0.505. The van der Waals surface area contributed by atoms with Crippen molar-refractivity contribution in [2.24, 2.45) is 0 Å². The van der Waals surface area contributed by atoms with E-state index in [1.54, 1.807) is 11.3 Å². The predicted octanol–water partition coefficient (Wildman–Crippen LogP) is 1.57. The van der Waals surface area contributed by atoms with Crippen molar-refractivity contribution in [3.05, 3.63) is 28.0 Å². The Morgan fingerprint density at radius 3 is 2.94 bits per heavy atom. The summed E-state index contributed by atoms with van der Waals surface area (Å²) in [5.41, 5.74) is 2.23. The molecule has 0 radical (unpaired) electrons. The molecule has 0 saturated carbocycles. The van der Waals surface area contributed by atoms with E-state index in [0.717, 1.165) is 29.4 Å². The van der Waals surface area contributed by atoms with E-state index in [-0.39, 0.29) is 6.04 Å². The second kappa shape index (κ2) is 5.37. The Balaban J connectivity index is 2.16. The fourth-order valence-corrected chi connectivity index (χ4v) is 2.47. The minimum Gasteiger partial charge on any atom is -0.311 e. The normalized spacial score (nSPS) is 12.9. The SMILES string of the molecule is CCn1nncc1C(Cc1csc(C)n1)NC. The molecule has 6 heteroatoms. The number of aryl methyl sites for hydroxylation is 2. The van der Waals surface area contributed by atoms with Gasteiger partial charge >= 0.3 is 0 Å². The molecule has 0 amide bonds. The first-order valence-corrected chi connectivity index (χ1v) is 6.59. The lowest BCUT2D eigenvalue weighted by Crippen LogP contribution is -2.22. The van der Waals surface area contributed by atoms with E-state index in [0.29, 0.717) is 0 Å². The topological polar surface area (TPSA) is 55.6 Å². The van der Waals surface area contributed by atoms with Crippen LogP contribution < -0.4 is 5.32 Å². The minimum absolute atomic E-state index is 0.214. The van der Waals surface area contributed by atoms with Crippen LogP contribution in [0.5, 0.6) is 0 Å². The van der Waals surface area contributed by atoms with Crippen LogP contribution in [0.2, 0.25) is 0 Å². The van der Waals surface area contributed by atoms with Crippen molar-refractivity contribution in [3.8, 4) is 0 Å². The number of likely N-dealkylation sites (N-methyl/N-ethyl adjacent to an activating group) is 1. The average molecular weight is 251 g/mol. The molecule has 0 aliphatic heterocycles. The predicted molar refractivity (Wildman–Crippen MR) is 68.1 cm³/mol. The van der Waals surface area contributed by atoms with Gasteiger partial charge in [0.05, 0.1) is 28.6 Å². The summed E-state index contributed by atoms with van der Waals surface area (Å²) in [6, 6.07) is 0.214. The Morgan fingerprint density at radius 1 is 1.53 bits per heavy atom. The van der Waals surface area contributed by atoms with Gasteiger partial charge in [0.15, 0.2) is 0 Å². The highest BCUT2D eigenvalue weighted by Gasteiger charge is 2.16. The van der Waals surface area contributed by atoms with Gasteiger partial charge in [0.2, 0.25) is 0 Å². The van der Waals surface area contributed by atoms with Crippen molar-refractivity contribution in [1.29, 1.82) is 0 Å². The van der Waals surface area contributed by atoms with E-state index >= 15 is 0 Å². The van der Waals surface area contributed by atoms with Crippen LogP contribution in [-0.4, -0.2) is 27.0 Å². The van der Waals surface area contributed by atoms with Crippen LogP contribution in [0.3, 0.4) is 0 Å². The monoisotopic (exact) mass is 251 g/mol. The molecule has 2 aromatic rings. The van der Waals surface area contributed by atoms with E-state index in [1.807, 2.05) is 24.9 Å². The lowest BCUT2D eigenvalue weighted by Gasteiger charge is -2.15. The third-order valence-corrected chi connectivity index (χ3v) is 3.55. The van der Waals surface area contributed by atoms with Gasteiger partial charge < -0.3 is 5.32 Å². The summed E-state index contributed by atoms with van der Waals surface area (Å²) < 4.78 is 1.92. The maximum atomic E-state index is 4.49. The van der Waals surface area contributed by atoms with Gasteiger partial charge in [-0.15, -0.1) is 16.4 Å². The summed E-state index contributed by atoms with van der Waals surface area (Å²) in [7, 11) is 1.96. The second-order valence-corrected chi connectivity index (χ2v) is 4.94. The molecule has 0 saturated heterocycles. The summed E-state index contributed by atoms with van der Waals surface area (Å²) in [6.07, 6.45) is 2.69. The van der Waals surface area contributed by atoms with Crippen molar-refractivity contribution >= 4 is 11.3 Å². The lowest BCUT2D eigenvalue weighted by atomic mass is 10.1. The number of nitrogens with one attached hydrogen (secondary N) is 1. The Labute approximate surface area is 105 Å². The molecule has 92 valence electrons. The van der Waals surface area contributed by atoms with Crippen LogP contribution in [0.1, 0.15) is 29.4 Å².